The molecule has 2 amide bonds. The fraction of sp³-hybridized carbons (Fsp3) is 0.333. The molecule has 0 aliphatic rings. The zero-order valence-corrected chi connectivity index (χ0v) is 11.1. The minimum absolute atomic E-state index is 0.252. The highest BCUT2D eigenvalue weighted by Crippen LogP contribution is 2.10. The van der Waals surface area contributed by atoms with E-state index < -0.39 is 17.6 Å². The molecule has 0 saturated carbocycles. The average Bonchev–Trinajstić information content (AvgIpc) is 2.34. The molecule has 1 aromatic rings. The number of aliphatic hydroxyl groups is 1. The van der Waals surface area contributed by atoms with Crippen LogP contribution in [0, 0.1) is 0 Å². The molecule has 0 saturated heterocycles. The molecule has 0 heterocycles. The zero-order chi connectivity index (χ0) is 14.5. The average molecular weight is 287 g/mol. The Labute approximate surface area is 115 Å². The van der Waals surface area contributed by atoms with Gasteiger partial charge in [0.05, 0.1) is 6.54 Å². The minimum Gasteiger partial charge on any atom is -0.479 e. The normalized spacial score (nSPS) is 13.4. The fourth-order valence-electron chi connectivity index (χ4n) is 1.22. The van der Waals surface area contributed by atoms with Crippen LogP contribution in [0.25, 0.3) is 0 Å². The molecule has 0 spiro atoms. The summed E-state index contributed by atoms with van der Waals surface area (Å²) in [5.41, 5.74) is -1.18. The lowest BCUT2D eigenvalue weighted by molar-refractivity contribution is -0.155. The predicted molar refractivity (Wildman–Crippen MR) is 70.0 cm³/mol. The first-order chi connectivity index (χ1) is 8.81. The van der Waals surface area contributed by atoms with Gasteiger partial charge in [0.2, 0.25) is 0 Å². The molecule has 4 N–H and O–H groups in total. The van der Waals surface area contributed by atoms with Gasteiger partial charge in [0.1, 0.15) is 0 Å². The van der Waals surface area contributed by atoms with E-state index in [4.69, 9.17) is 16.7 Å². The first-order valence-electron chi connectivity index (χ1n) is 5.53. The van der Waals surface area contributed by atoms with Gasteiger partial charge >= 0.3 is 12.0 Å². The van der Waals surface area contributed by atoms with Gasteiger partial charge in [0, 0.05) is 11.6 Å². The van der Waals surface area contributed by atoms with Crippen LogP contribution in [0.1, 0.15) is 12.5 Å². The van der Waals surface area contributed by atoms with Gasteiger partial charge in [-0.2, -0.15) is 0 Å². The third-order valence-electron chi connectivity index (χ3n) is 2.40. The highest BCUT2D eigenvalue weighted by Gasteiger charge is 2.30. The second-order valence-electron chi connectivity index (χ2n) is 4.25. The Balaban J connectivity index is 2.39. The number of aliphatic carboxylic acids is 1. The quantitative estimate of drug-likeness (QED) is 0.648. The fourth-order valence-corrected chi connectivity index (χ4v) is 1.43. The van der Waals surface area contributed by atoms with Crippen LogP contribution in [0.5, 0.6) is 0 Å². The highest BCUT2D eigenvalue weighted by molar-refractivity contribution is 6.30. The molecule has 0 fully saturated rings. The summed E-state index contributed by atoms with van der Waals surface area (Å²) in [5.74, 6) is -1.40. The van der Waals surface area contributed by atoms with Crippen LogP contribution in [0.15, 0.2) is 24.3 Å². The molecular formula is C12H15ClN2O4. The van der Waals surface area contributed by atoms with Crippen molar-refractivity contribution in [1.82, 2.24) is 10.6 Å². The van der Waals surface area contributed by atoms with Crippen molar-refractivity contribution in [3.8, 4) is 0 Å². The van der Waals surface area contributed by atoms with Crippen LogP contribution in [0.2, 0.25) is 5.02 Å². The molecule has 0 aliphatic carbocycles. The minimum atomic E-state index is -1.99. The lowest BCUT2D eigenvalue weighted by Gasteiger charge is -2.18. The largest absolute Gasteiger partial charge is 0.479 e. The van der Waals surface area contributed by atoms with Gasteiger partial charge in [-0.1, -0.05) is 23.7 Å². The smallest absolute Gasteiger partial charge is 0.337 e. The van der Waals surface area contributed by atoms with Crippen molar-refractivity contribution < 1.29 is 19.8 Å². The van der Waals surface area contributed by atoms with Gasteiger partial charge in [-0.05, 0) is 24.6 Å². The molecule has 6 nitrogen and oxygen atoms in total. The Kier molecular flexibility index (Phi) is 5.14. The van der Waals surface area contributed by atoms with Crippen molar-refractivity contribution in [3.63, 3.8) is 0 Å². The standard InChI is InChI=1S/C12H15ClN2O4/c1-12(19,10(16)17)7-15-11(18)14-6-8-3-2-4-9(13)5-8/h2-5,19H,6-7H2,1H3,(H,16,17)(H2,14,15,18). The maximum atomic E-state index is 11.4. The van der Waals surface area contributed by atoms with E-state index in [1.54, 1.807) is 24.3 Å². The van der Waals surface area contributed by atoms with Crippen LogP contribution in [0.4, 0.5) is 4.79 Å². The summed E-state index contributed by atoms with van der Waals surface area (Å²) in [6.07, 6.45) is 0. The van der Waals surface area contributed by atoms with E-state index in [9.17, 15) is 14.7 Å². The van der Waals surface area contributed by atoms with Gasteiger partial charge in [-0.25, -0.2) is 9.59 Å². The Bertz CT molecular complexity index is 477. The van der Waals surface area contributed by atoms with Gasteiger partial charge in [-0.15, -0.1) is 0 Å². The Morgan fingerprint density at radius 2 is 2.05 bits per heavy atom. The van der Waals surface area contributed by atoms with Crippen molar-refractivity contribution in [2.45, 2.75) is 19.1 Å². The summed E-state index contributed by atoms with van der Waals surface area (Å²) in [6.45, 7) is 0.970. The van der Waals surface area contributed by atoms with Crippen LogP contribution in [0.3, 0.4) is 0 Å². The number of hydrogen-bond acceptors (Lipinski definition) is 3. The van der Waals surface area contributed by atoms with Crippen molar-refractivity contribution in [2.75, 3.05) is 6.54 Å². The van der Waals surface area contributed by atoms with E-state index in [1.165, 1.54) is 0 Å². The molecule has 0 radical (unpaired) electrons. The molecule has 1 atom stereocenters. The molecule has 1 unspecified atom stereocenters. The van der Waals surface area contributed by atoms with Crippen LogP contribution in [-0.2, 0) is 11.3 Å². The SMILES string of the molecule is CC(O)(CNC(=O)NCc1cccc(Cl)c1)C(=O)O. The molecular weight excluding hydrogens is 272 g/mol. The molecule has 0 bridgehead atoms. The molecule has 19 heavy (non-hydrogen) atoms. The topological polar surface area (TPSA) is 98.7 Å². The lowest BCUT2D eigenvalue weighted by atomic mass is 10.1. The number of carboxylic acids is 1. The summed E-state index contributed by atoms with van der Waals surface area (Å²) in [7, 11) is 0. The van der Waals surface area contributed by atoms with Crippen molar-refractivity contribution in [2.24, 2.45) is 0 Å². The van der Waals surface area contributed by atoms with E-state index in [0.717, 1.165) is 12.5 Å². The number of amides is 2. The molecule has 104 valence electrons. The number of nitrogens with one attached hydrogen (secondary N) is 2. The number of halogens is 1. The summed E-state index contributed by atoms with van der Waals surface area (Å²) in [5, 5.41) is 23.4. The summed E-state index contributed by atoms with van der Waals surface area (Å²) in [6, 6.07) is 6.40. The van der Waals surface area contributed by atoms with Crippen LogP contribution in [-0.4, -0.2) is 34.4 Å². The monoisotopic (exact) mass is 286 g/mol. The second kappa shape index (κ2) is 6.40. The molecule has 0 aromatic heterocycles. The van der Waals surface area contributed by atoms with Gasteiger partial charge in [0.25, 0.3) is 0 Å². The van der Waals surface area contributed by atoms with Gasteiger partial charge in [-0.3, -0.25) is 0 Å². The van der Waals surface area contributed by atoms with E-state index in [0.29, 0.717) is 5.02 Å². The number of carbonyl (C=O) groups is 2. The first-order valence-corrected chi connectivity index (χ1v) is 5.91. The van der Waals surface area contributed by atoms with Crippen molar-refractivity contribution >= 4 is 23.6 Å². The van der Waals surface area contributed by atoms with Crippen molar-refractivity contribution in [3.05, 3.63) is 34.9 Å². The van der Waals surface area contributed by atoms with E-state index in [2.05, 4.69) is 10.6 Å². The van der Waals surface area contributed by atoms with Gasteiger partial charge in [0.15, 0.2) is 5.60 Å². The number of hydrogen-bond donors (Lipinski definition) is 4. The second-order valence-corrected chi connectivity index (χ2v) is 4.68. The first kappa shape index (κ1) is 15.3. The highest BCUT2D eigenvalue weighted by atomic mass is 35.5. The number of urea groups is 1. The summed E-state index contributed by atoms with van der Waals surface area (Å²) >= 11 is 5.79. The third kappa shape index (κ3) is 5.15. The Hall–Kier alpha value is -1.79. The summed E-state index contributed by atoms with van der Waals surface area (Å²) < 4.78 is 0. The summed E-state index contributed by atoms with van der Waals surface area (Å²) in [4.78, 5) is 22.0. The lowest BCUT2D eigenvalue weighted by Crippen LogP contribution is -2.48. The van der Waals surface area contributed by atoms with E-state index in [1.807, 2.05) is 0 Å². The third-order valence-corrected chi connectivity index (χ3v) is 2.63. The molecule has 1 aromatic carbocycles. The molecule has 1 rings (SSSR count). The molecule has 0 aliphatic heterocycles. The zero-order valence-electron chi connectivity index (χ0n) is 10.3. The van der Waals surface area contributed by atoms with E-state index >= 15 is 0 Å². The maximum Gasteiger partial charge on any atom is 0.337 e. The number of carboxylic acid groups (broad SMARTS) is 1. The maximum absolute atomic E-state index is 11.4. The number of carbonyl (C=O) groups excluding carboxylic acids is 1. The Morgan fingerprint density at radius 1 is 1.37 bits per heavy atom. The van der Waals surface area contributed by atoms with Crippen molar-refractivity contribution in [1.29, 1.82) is 0 Å². The van der Waals surface area contributed by atoms with Gasteiger partial charge < -0.3 is 20.8 Å². The van der Waals surface area contributed by atoms with E-state index in [-0.39, 0.29) is 13.1 Å². The van der Waals surface area contributed by atoms with Crippen LogP contribution < -0.4 is 10.6 Å². The Morgan fingerprint density at radius 3 is 2.63 bits per heavy atom. The molecule has 7 heteroatoms. The number of rotatable bonds is 5. The van der Waals surface area contributed by atoms with Crippen LogP contribution >= 0.6 is 11.6 Å². The number of benzene rings is 1. The predicted octanol–water partition coefficient (Wildman–Crippen LogP) is 0.975.